The standard InChI is InChI=1S/C22H20ClNO2S/c1-14-19(23)6-3-7-20(14)24-22(25)21-10-15(13-27-21)12-26-18-9-8-16-4-2-5-17(16)11-18/h3,6-11,13H,2,4-5,12H2,1H3,(H,24,25). The van der Waals surface area contributed by atoms with Crippen molar-refractivity contribution >= 4 is 34.5 Å². The third-order valence-corrected chi connectivity index (χ3v) is 6.26. The van der Waals surface area contributed by atoms with Crippen LogP contribution >= 0.6 is 22.9 Å². The van der Waals surface area contributed by atoms with E-state index in [4.69, 9.17) is 16.3 Å². The molecule has 1 N–H and O–H groups in total. The first kappa shape index (κ1) is 18.1. The van der Waals surface area contributed by atoms with Crippen LogP contribution < -0.4 is 10.1 Å². The van der Waals surface area contributed by atoms with Crippen molar-refractivity contribution in [3.63, 3.8) is 0 Å². The van der Waals surface area contributed by atoms with Crippen LogP contribution in [0.1, 0.15) is 38.3 Å². The molecule has 5 heteroatoms. The summed E-state index contributed by atoms with van der Waals surface area (Å²) < 4.78 is 5.92. The average molecular weight is 398 g/mol. The number of carbonyl (C=O) groups excluding carboxylic acids is 1. The Morgan fingerprint density at radius 2 is 2.04 bits per heavy atom. The SMILES string of the molecule is Cc1c(Cl)cccc1NC(=O)c1cc(COc2ccc3c(c2)CCC3)cs1. The van der Waals surface area contributed by atoms with E-state index in [1.165, 1.54) is 35.3 Å². The number of halogens is 1. The minimum Gasteiger partial charge on any atom is -0.489 e. The zero-order valence-electron chi connectivity index (χ0n) is 15.0. The van der Waals surface area contributed by atoms with Crippen LogP contribution in [-0.4, -0.2) is 5.91 Å². The Balaban J connectivity index is 1.39. The summed E-state index contributed by atoms with van der Waals surface area (Å²) in [6.45, 7) is 2.35. The van der Waals surface area contributed by atoms with Crippen LogP contribution in [0, 0.1) is 6.92 Å². The molecule has 0 spiro atoms. The maximum Gasteiger partial charge on any atom is 0.265 e. The van der Waals surface area contributed by atoms with Crippen LogP contribution in [0.3, 0.4) is 0 Å². The second-order valence-electron chi connectivity index (χ2n) is 6.76. The fourth-order valence-corrected chi connectivity index (χ4v) is 4.27. The largest absolute Gasteiger partial charge is 0.489 e. The number of amides is 1. The van der Waals surface area contributed by atoms with Gasteiger partial charge in [0.25, 0.3) is 5.91 Å². The quantitative estimate of drug-likeness (QED) is 0.570. The third-order valence-electron chi connectivity index (χ3n) is 4.87. The molecule has 0 unspecified atom stereocenters. The maximum absolute atomic E-state index is 12.5. The highest BCUT2D eigenvalue weighted by molar-refractivity contribution is 7.12. The van der Waals surface area contributed by atoms with E-state index in [0.29, 0.717) is 16.5 Å². The Hall–Kier alpha value is -2.30. The van der Waals surface area contributed by atoms with Crippen LogP contribution in [0.4, 0.5) is 5.69 Å². The van der Waals surface area contributed by atoms with E-state index in [-0.39, 0.29) is 5.91 Å². The molecule has 3 nitrogen and oxygen atoms in total. The molecule has 0 radical (unpaired) electrons. The topological polar surface area (TPSA) is 38.3 Å². The number of rotatable bonds is 5. The third kappa shape index (κ3) is 4.02. The molecule has 138 valence electrons. The van der Waals surface area contributed by atoms with Gasteiger partial charge in [0.1, 0.15) is 12.4 Å². The number of anilines is 1. The Morgan fingerprint density at radius 3 is 2.93 bits per heavy atom. The molecule has 1 aromatic heterocycles. The molecule has 1 heterocycles. The van der Waals surface area contributed by atoms with Crippen molar-refractivity contribution in [2.75, 3.05) is 5.32 Å². The van der Waals surface area contributed by atoms with Gasteiger partial charge in [-0.1, -0.05) is 23.7 Å². The molecule has 2 aromatic carbocycles. The van der Waals surface area contributed by atoms with Crippen molar-refractivity contribution in [3.8, 4) is 5.75 Å². The first-order valence-corrected chi connectivity index (χ1v) is 10.2. The van der Waals surface area contributed by atoms with Gasteiger partial charge in [0.05, 0.1) is 4.88 Å². The molecule has 1 aliphatic rings. The normalized spacial score (nSPS) is 12.7. The summed E-state index contributed by atoms with van der Waals surface area (Å²) in [5, 5.41) is 5.54. The maximum atomic E-state index is 12.5. The van der Waals surface area contributed by atoms with Gasteiger partial charge in [-0.2, -0.15) is 0 Å². The minimum absolute atomic E-state index is 0.130. The highest BCUT2D eigenvalue weighted by atomic mass is 35.5. The van der Waals surface area contributed by atoms with Crippen LogP contribution in [0.2, 0.25) is 5.02 Å². The Labute approximate surface area is 167 Å². The molecule has 1 amide bonds. The van der Waals surface area contributed by atoms with E-state index in [1.54, 1.807) is 0 Å². The molecule has 0 bridgehead atoms. The van der Waals surface area contributed by atoms with Crippen molar-refractivity contribution < 1.29 is 9.53 Å². The Morgan fingerprint density at radius 1 is 1.19 bits per heavy atom. The minimum atomic E-state index is -0.130. The summed E-state index contributed by atoms with van der Waals surface area (Å²) in [6, 6.07) is 13.7. The predicted molar refractivity (Wildman–Crippen MR) is 111 cm³/mol. The van der Waals surface area contributed by atoms with Gasteiger partial charge in [-0.15, -0.1) is 11.3 Å². The van der Waals surface area contributed by atoms with Crippen molar-refractivity contribution in [1.82, 2.24) is 0 Å². The van der Waals surface area contributed by atoms with E-state index in [9.17, 15) is 4.79 Å². The first-order chi connectivity index (χ1) is 13.1. The zero-order valence-corrected chi connectivity index (χ0v) is 16.6. The van der Waals surface area contributed by atoms with E-state index < -0.39 is 0 Å². The molecular formula is C22H20ClNO2S. The van der Waals surface area contributed by atoms with E-state index in [1.807, 2.05) is 42.6 Å². The van der Waals surface area contributed by atoms with Gasteiger partial charge in [-0.3, -0.25) is 4.79 Å². The second-order valence-corrected chi connectivity index (χ2v) is 8.08. The lowest BCUT2D eigenvalue weighted by Gasteiger charge is -2.08. The second kappa shape index (κ2) is 7.75. The number of carbonyl (C=O) groups is 1. The van der Waals surface area contributed by atoms with E-state index in [0.717, 1.165) is 29.0 Å². The predicted octanol–water partition coefficient (Wildman–Crippen LogP) is 6.03. The molecule has 27 heavy (non-hydrogen) atoms. The number of thiophene rings is 1. The summed E-state index contributed by atoms with van der Waals surface area (Å²) in [5.41, 5.74) is 5.43. The van der Waals surface area contributed by atoms with Gasteiger partial charge < -0.3 is 10.1 Å². The zero-order chi connectivity index (χ0) is 18.8. The van der Waals surface area contributed by atoms with Crippen LogP contribution in [0.25, 0.3) is 0 Å². The molecule has 0 fully saturated rings. The number of hydrogen-bond acceptors (Lipinski definition) is 3. The number of hydrogen-bond donors (Lipinski definition) is 1. The monoisotopic (exact) mass is 397 g/mol. The highest BCUT2D eigenvalue weighted by Crippen LogP contribution is 2.27. The van der Waals surface area contributed by atoms with Crippen molar-refractivity contribution in [1.29, 1.82) is 0 Å². The molecule has 0 atom stereocenters. The Bertz CT molecular complexity index is 996. The Kier molecular flexibility index (Phi) is 5.19. The van der Waals surface area contributed by atoms with Crippen molar-refractivity contribution in [2.24, 2.45) is 0 Å². The van der Waals surface area contributed by atoms with Gasteiger partial charge in [-0.05, 0) is 78.6 Å². The fraction of sp³-hybridized carbons (Fsp3) is 0.227. The summed E-state index contributed by atoms with van der Waals surface area (Å²) in [6.07, 6.45) is 3.54. The number of ether oxygens (including phenoxy) is 1. The van der Waals surface area contributed by atoms with E-state index >= 15 is 0 Å². The molecule has 3 aromatic rings. The molecular weight excluding hydrogens is 378 g/mol. The fourth-order valence-electron chi connectivity index (χ4n) is 3.30. The first-order valence-electron chi connectivity index (χ1n) is 8.98. The molecule has 0 aliphatic heterocycles. The average Bonchev–Trinajstić information content (AvgIpc) is 3.32. The lowest BCUT2D eigenvalue weighted by atomic mass is 10.1. The molecule has 0 saturated heterocycles. The molecule has 1 aliphatic carbocycles. The van der Waals surface area contributed by atoms with Crippen LogP contribution in [0.5, 0.6) is 5.75 Å². The lowest BCUT2D eigenvalue weighted by Crippen LogP contribution is -2.11. The lowest BCUT2D eigenvalue weighted by molar-refractivity contribution is 0.103. The van der Waals surface area contributed by atoms with Gasteiger partial charge in [-0.25, -0.2) is 0 Å². The number of fused-ring (bicyclic) bond motifs is 1. The van der Waals surface area contributed by atoms with E-state index in [2.05, 4.69) is 17.4 Å². The van der Waals surface area contributed by atoms with Gasteiger partial charge in [0.15, 0.2) is 0 Å². The summed E-state index contributed by atoms with van der Waals surface area (Å²) in [7, 11) is 0. The number of aryl methyl sites for hydroxylation is 2. The summed E-state index contributed by atoms with van der Waals surface area (Å²) >= 11 is 7.53. The molecule has 0 saturated carbocycles. The molecule has 4 rings (SSSR count). The number of benzene rings is 2. The van der Waals surface area contributed by atoms with Crippen LogP contribution in [0.15, 0.2) is 47.8 Å². The summed E-state index contributed by atoms with van der Waals surface area (Å²) in [4.78, 5) is 13.2. The van der Waals surface area contributed by atoms with Gasteiger partial charge >= 0.3 is 0 Å². The smallest absolute Gasteiger partial charge is 0.265 e. The summed E-state index contributed by atoms with van der Waals surface area (Å²) in [5.74, 6) is 0.761. The number of nitrogens with one attached hydrogen (secondary N) is 1. The highest BCUT2D eigenvalue weighted by Gasteiger charge is 2.13. The van der Waals surface area contributed by atoms with Crippen LogP contribution in [-0.2, 0) is 19.4 Å². The van der Waals surface area contributed by atoms with Crippen molar-refractivity contribution in [3.05, 3.63) is 80.0 Å². The van der Waals surface area contributed by atoms with Gasteiger partial charge in [0.2, 0.25) is 0 Å². The van der Waals surface area contributed by atoms with Crippen molar-refractivity contribution in [2.45, 2.75) is 32.8 Å². The van der Waals surface area contributed by atoms with Gasteiger partial charge in [0, 0.05) is 16.3 Å².